The van der Waals surface area contributed by atoms with Crippen LogP contribution in [0, 0.1) is 24.0 Å². The number of para-hydroxylation sites is 1. The van der Waals surface area contributed by atoms with Gasteiger partial charge < -0.3 is 13.9 Å². The highest BCUT2D eigenvalue weighted by molar-refractivity contribution is 6.11. The second-order valence-corrected chi connectivity index (χ2v) is 17.8. The molecule has 0 N–H and O–H groups in total. The van der Waals surface area contributed by atoms with Crippen molar-refractivity contribution in [3.05, 3.63) is 199 Å². The number of hydrogen-bond donors (Lipinski definition) is 0. The van der Waals surface area contributed by atoms with Crippen molar-refractivity contribution >= 4 is 66.7 Å². The van der Waals surface area contributed by atoms with E-state index in [1.807, 2.05) is 0 Å². The minimum absolute atomic E-state index is 0.663. The van der Waals surface area contributed by atoms with Gasteiger partial charge in [-0.05, 0) is 150 Å². The van der Waals surface area contributed by atoms with Crippen LogP contribution in [0.5, 0.6) is 0 Å². The van der Waals surface area contributed by atoms with Gasteiger partial charge in [-0.25, -0.2) is 0 Å². The first-order valence-corrected chi connectivity index (χ1v) is 22.4. The predicted molar refractivity (Wildman–Crippen MR) is 257 cm³/mol. The third-order valence-corrected chi connectivity index (χ3v) is 14.4. The predicted octanol–water partition coefficient (Wildman–Crippen LogP) is 16.0. The molecule has 3 aliphatic carbocycles. The van der Waals surface area contributed by atoms with Crippen molar-refractivity contribution in [1.82, 2.24) is 4.57 Å². The van der Waals surface area contributed by atoms with Crippen LogP contribution in [0.3, 0.4) is 0 Å². The van der Waals surface area contributed by atoms with Crippen molar-refractivity contribution in [2.24, 2.45) is 11.8 Å². The molecular formula is C59H44N2O. The summed E-state index contributed by atoms with van der Waals surface area (Å²) in [7, 11) is 0. The Morgan fingerprint density at radius 3 is 2.21 bits per heavy atom. The average molecular weight is 797 g/mol. The molecule has 2 aromatic heterocycles. The van der Waals surface area contributed by atoms with Gasteiger partial charge in [0, 0.05) is 38.7 Å². The third kappa shape index (κ3) is 5.60. The summed E-state index contributed by atoms with van der Waals surface area (Å²) in [4.78, 5) is 2.38. The SMILES string of the molecule is c1c(-c2cccc3cccc(-c4ccccc4)c23)ccc(N(c2ccc3c4ccc(C5CC6CCC5C6)cc4n(-c4ccccc4)c3c2)c2cccc3oc4c(c23)CCC=C4)c#1. The van der Waals surface area contributed by atoms with Crippen molar-refractivity contribution in [1.29, 1.82) is 0 Å². The molecule has 2 saturated carbocycles. The number of allylic oxidation sites excluding steroid dienone is 1. The maximum atomic E-state index is 6.54. The molecule has 10 aromatic rings. The summed E-state index contributed by atoms with van der Waals surface area (Å²) in [6, 6.07) is 67.5. The molecule has 3 heteroatoms. The van der Waals surface area contributed by atoms with Crippen molar-refractivity contribution in [2.45, 2.75) is 44.4 Å². The Labute approximate surface area is 362 Å². The lowest BCUT2D eigenvalue weighted by atomic mass is 9.83. The number of fused-ring (bicyclic) bond motifs is 9. The van der Waals surface area contributed by atoms with Gasteiger partial charge in [0.2, 0.25) is 0 Å². The van der Waals surface area contributed by atoms with E-state index in [9.17, 15) is 0 Å². The summed E-state index contributed by atoms with van der Waals surface area (Å²) in [5.74, 6) is 3.35. The molecule has 62 heavy (non-hydrogen) atoms. The normalized spacial score (nSPS) is 17.9. The van der Waals surface area contributed by atoms with Crippen LogP contribution in [0.4, 0.5) is 17.1 Å². The molecule has 0 spiro atoms. The lowest BCUT2D eigenvalue weighted by Crippen LogP contribution is -2.11. The van der Waals surface area contributed by atoms with E-state index in [2.05, 4.69) is 198 Å². The minimum Gasteiger partial charge on any atom is -0.456 e. The van der Waals surface area contributed by atoms with E-state index in [0.717, 1.165) is 69.6 Å². The van der Waals surface area contributed by atoms with E-state index in [1.165, 1.54) is 86.2 Å². The fourth-order valence-electron chi connectivity index (χ4n) is 11.6. The van der Waals surface area contributed by atoms with Crippen LogP contribution < -0.4 is 4.90 Å². The first-order chi connectivity index (χ1) is 30.7. The number of aryl methyl sites for hydroxylation is 1. The highest BCUT2D eigenvalue weighted by atomic mass is 16.3. The number of hydrogen-bond acceptors (Lipinski definition) is 2. The van der Waals surface area contributed by atoms with E-state index in [-0.39, 0.29) is 0 Å². The average Bonchev–Trinajstić information content (AvgIpc) is 4.14. The van der Waals surface area contributed by atoms with Gasteiger partial charge >= 0.3 is 0 Å². The van der Waals surface area contributed by atoms with Crippen LogP contribution in [-0.4, -0.2) is 4.57 Å². The summed E-state index contributed by atoms with van der Waals surface area (Å²) < 4.78 is 9.04. The Morgan fingerprint density at radius 1 is 0.629 bits per heavy atom. The zero-order valence-corrected chi connectivity index (χ0v) is 34.5. The molecule has 0 aliphatic heterocycles. The zero-order chi connectivity index (χ0) is 40.7. The van der Waals surface area contributed by atoms with Gasteiger partial charge in [-0.15, -0.1) is 0 Å². The molecule has 296 valence electrons. The van der Waals surface area contributed by atoms with E-state index in [0.29, 0.717) is 5.92 Å². The molecule has 0 radical (unpaired) electrons. The fourth-order valence-corrected chi connectivity index (χ4v) is 11.6. The molecule has 3 unspecified atom stereocenters. The van der Waals surface area contributed by atoms with Crippen LogP contribution in [-0.2, 0) is 6.42 Å². The Bertz CT molecular complexity index is 3370. The Hall–Kier alpha value is -7.28. The maximum Gasteiger partial charge on any atom is 0.137 e. The van der Waals surface area contributed by atoms with Gasteiger partial charge in [0.05, 0.1) is 22.4 Å². The zero-order valence-electron chi connectivity index (χ0n) is 34.5. The van der Waals surface area contributed by atoms with Gasteiger partial charge in [0.25, 0.3) is 0 Å². The second-order valence-electron chi connectivity index (χ2n) is 17.8. The number of furan rings is 1. The molecule has 3 atom stereocenters. The van der Waals surface area contributed by atoms with Crippen molar-refractivity contribution in [3.8, 4) is 27.9 Å². The molecule has 13 rings (SSSR count). The molecule has 0 amide bonds. The second kappa shape index (κ2) is 14.2. The van der Waals surface area contributed by atoms with E-state index >= 15 is 0 Å². The Kier molecular flexibility index (Phi) is 8.10. The highest BCUT2D eigenvalue weighted by Crippen LogP contribution is 2.53. The van der Waals surface area contributed by atoms with Crippen LogP contribution in [0.1, 0.15) is 54.9 Å². The summed E-state index contributed by atoms with van der Waals surface area (Å²) in [6.07, 6.45) is 11.8. The molecule has 0 saturated heterocycles. The van der Waals surface area contributed by atoms with Gasteiger partial charge in [0.15, 0.2) is 0 Å². The van der Waals surface area contributed by atoms with Crippen LogP contribution in [0.2, 0.25) is 0 Å². The van der Waals surface area contributed by atoms with Gasteiger partial charge in [-0.2, -0.15) is 0 Å². The maximum absolute atomic E-state index is 6.54. The summed E-state index contributed by atoms with van der Waals surface area (Å²) >= 11 is 0. The smallest absolute Gasteiger partial charge is 0.137 e. The van der Waals surface area contributed by atoms with Crippen LogP contribution >= 0.6 is 0 Å². The topological polar surface area (TPSA) is 21.3 Å². The molecule has 8 aromatic carbocycles. The first-order valence-electron chi connectivity index (χ1n) is 22.4. The number of rotatable bonds is 7. The Balaban J connectivity index is 1.01. The van der Waals surface area contributed by atoms with E-state index in [4.69, 9.17) is 4.42 Å². The number of nitrogens with zero attached hydrogens (tertiary/aromatic N) is 2. The largest absolute Gasteiger partial charge is 0.456 e. The van der Waals surface area contributed by atoms with E-state index in [1.54, 1.807) is 0 Å². The van der Waals surface area contributed by atoms with Crippen molar-refractivity contribution in [3.63, 3.8) is 0 Å². The quantitative estimate of drug-likeness (QED) is 0.160. The summed E-state index contributed by atoms with van der Waals surface area (Å²) in [5.41, 5.74) is 15.0. The van der Waals surface area contributed by atoms with Gasteiger partial charge in [0.1, 0.15) is 11.3 Å². The fraction of sp³-hybridized carbons (Fsp3) is 0.153. The number of aromatic nitrogens is 1. The lowest BCUT2D eigenvalue weighted by molar-refractivity contribution is 0.420. The summed E-state index contributed by atoms with van der Waals surface area (Å²) in [6.45, 7) is 0. The monoisotopic (exact) mass is 796 g/mol. The third-order valence-electron chi connectivity index (χ3n) is 14.4. The summed E-state index contributed by atoms with van der Waals surface area (Å²) in [5, 5.41) is 6.14. The van der Waals surface area contributed by atoms with Crippen molar-refractivity contribution in [2.75, 3.05) is 4.90 Å². The van der Waals surface area contributed by atoms with Crippen molar-refractivity contribution < 1.29 is 4.42 Å². The molecule has 2 heterocycles. The molecule has 3 nitrogen and oxygen atoms in total. The molecule has 2 bridgehead atoms. The Morgan fingerprint density at radius 2 is 1.42 bits per heavy atom. The first kappa shape index (κ1) is 35.5. The van der Waals surface area contributed by atoms with E-state index < -0.39 is 0 Å². The van der Waals surface area contributed by atoms with Gasteiger partial charge in [-0.3, -0.25) is 0 Å². The lowest BCUT2D eigenvalue weighted by Gasteiger charge is -2.26. The van der Waals surface area contributed by atoms with Crippen LogP contribution in [0.15, 0.2) is 174 Å². The molecule has 2 fully saturated rings. The number of benzene rings is 7. The number of anilines is 3. The van der Waals surface area contributed by atoms with Gasteiger partial charge in [-0.1, -0.05) is 128 Å². The highest BCUT2D eigenvalue weighted by Gasteiger charge is 2.40. The molecular weight excluding hydrogens is 753 g/mol. The standard InChI is InChI=1S/C59H44N2O/c1-3-12-39(13-4-1)47-19-9-14-41-15-10-20-48(58(41)47)40-26-29-45(30-27-40)60(53-21-11-23-57-59(53)51-18-7-8-22-56(51)62-57)46-31-33-50-49-32-28-43(52-35-38-24-25-42(52)34-38)36-54(49)61(55(50)37-46)44-16-5-2-6-17-44/h1-6,8-17,19-23,26,28-29,31-33,36-38,42,52H,7,18,24-25,34-35H2. The molecule has 3 aliphatic rings. The minimum atomic E-state index is 0.663. The van der Waals surface area contributed by atoms with Crippen LogP contribution in [0.25, 0.3) is 77.6 Å².